The minimum atomic E-state index is -0.261. The zero-order valence-electron chi connectivity index (χ0n) is 18.3. The largest absolute Gasteiger partial charge is 0.455 e. The van der Waals surface area contributed by atoms with Crippen molar-refractivity contribution in [3.63, 3.8) is 0 Å². The normalized spacial score (nSPS) is 28.1. The number of ether oxygens (including phenoxy) is 1. The van der Waals surface area contributed by atoms with E-state index in [9.17, 15) is 4.79 Å². The fraction of sp³-hybridized carbons (Fsp3) is 0.345. The molecule has 0 heterocycles. The second-order valence-corrected chi connectivity index (χ2v) is 12.0. The maximum Gasteiger partial charge on any atom is 0.338 e. The summed E-state index contributed by atoms with van der Waals surface area (Å²) in [5, 5.41) is 0. The molecule has 4 aliphatic carbocycles. The summed E-state index contributed by atoms with van der Waals surface area (Å²) in [5.74, 6) is 2.16. The van der Waals surface area contributed by atoms with E-state index in [-0.39, 0.29) is 22.5 Å². The third-order valence-electron chi connectivity index (χ3n) is 7.55. The first-order valence-electron chi connectivity index (χ1n) is 11.9. The van der Waals surface area contributed by atoms with Gasteiger partial charge >= 0.3 is 5.97 Å². The van der Waals surface area contributed by atoms with Crippen LogP contribution < -0.4 is 0 Å². The molecule has 3 aromatic rings. The molecule has 0 unspecified atom stereocenters. The quantitative estimate of drug-likeness (QED) is 0.318. The fourth-order valence-corrected chi connectivity index (χ4v) is 8.82. The van der Waals surface area contributed by atoms with E-state index in [2.05, 4.69) is 72.8 Å². The molecule has 7 rings (SSSR count). The van der Waals surface area contributed by atoms with Gasteiger partial charge in [0.2, 0.25) is 0 Å². The average Bonchev–Trinajstić information content (AvgIpc) is 2.80. The number of hydrogen-bond donors (Lipinski definition) is 0. The van der Waals surface area contributed by atoms with Crippen LogP contribution in [-0.2, 0) is 15.6 Å². The summed E-state index contributed by atoms with van der Waals surface area (Å²) >= 11 is 0. The van der Waals surface area contributed by atoms with Crippen molar-refractivity contribution in [3.05, 3.63) is 90.5 Å². The highest BCUT2D eigenvalue weighted by molar-refractivity contribution is 7.97. The zero-order valence-corrected chi connectivity index (χ0v) is 19.1. The lowest BCUT2D eigenvalue weighted by Gasteiger charge is -2.55. The van der Waals surface area contributed by atoms with E-state index in [4.69, 9.17) is 4.74 Å². The first-order valence-corrected chi connectivity index (χ1v) is 13.1. The molecular weight excluding hydrogens is 412 g/mol. The van der Waals surface area contributed by atoms with Crippen molar-refractivity contribution in [3.8, 4) is 0 Å². The molecule has 0 spiro atoms. The third kappa shape index (κ3) is 3.77. The molecule has 0 aromatic heterocycles. The molecule has 0 amide bonds. The van der Waals surface area contributed by atoms with Gasteiger partial charge in [-0.25, -0.2) is 4.79 Å². The smallest absolute Gasteiger partial charge is 0.338 e. The van der Waals surface area contributed by atoms with Crippen molar-refractivity contribution in [2.24, 2.45) is 17.8 Å². The third-order valence-corrected chi connectivity index (χ3v) is 9.77. The molecule has 3 heteroatoms. The molecule has 4 bridgehead atoms. The molecule has 162 valence electrons. The van der Waals surface area contributed by atoms with Gasteiger partial charge in [-0.05, 0) is 92.7 Å². The molecule has 0 aliphatic heterocycles. The Morgan fingerprint density at radius 2 is 1.19 bits per heavy atom. The highest BCUT2D eigenvalue weighted by Crippen LogP contribution is 2.57. The molecular formula is C29H29O2S+. The average molecular weight is 442 g/mol. The summed E-state index contributed by atoms with van der Waals surface area (Å²) in [6.07, 6.45) is 7.27. The minimum absolute atomic E-state index is 0.140. The lowest BCUT2D eigenvalue weighted by molar-refractivity contribution is -0.131. The van der Waals surface area contributed by atoms with Gasteiger partial charge in [0.05, 0.1) is 16.5 Å². The molecule has 3 aromatic carbocycles. The van der Waals surface area contributed by atoms with Crippen LogP contribution in [0.5, 0.6) is 0 Å². The van der Waals surface area contributed by atoms with Crippen LogP contribution in [0.3, 0.4) is 0 Å². The maximum absolute atomic E-state index is 13.4. The highest BCUT2D eigenvalue weighted by Gasteiger charge is 2.53. The molecule has 0 radical (unpaired) electrons. The second-order valence-electron chi connectivity index (χ2n) is 9.95. The van der Waals surface area contributed by atoms with Crippen LogP contribution in [0.2, 0.25) is 0 Å². The van der Waals surface area contributed by atoms with E-state index in [1.165, 1.54) is 29.1 Å². The molecule has 2 nitrogen and oxygen atoms in total. The minimum Gasteiger partial charge on any atom is -0.455 e. The van der Waals surface area contributed by atoms with Gasteiger partial charge in [0.1, 0.15) is 5.60 Å². The molecule has 32 heavy (non-hydrogen) atoms. The SMILES string of the molecule is O=C(OC12CC3CC(CC(C3)C1)C2)c1cccc([S+](c2ccccc2)c2ccccc2)c1. The van der Waals surface area contributed by atoms with Crippen molar-refractivity contribution >= 4 is 16.9 Å². The van der Waals surface area contributed by atoms with Crippen LogP contribution in [0, 0.1) is 17.8 Å². The lowest BCUT2D eigenvalue weighted by atomic mass is 9.54. The Balaban J connectivity index is 1.30. The van der Waals surface area contributed by atoms with Gasteiger partial charge in [0, 0.05) is 6.07 Å². The molecule has 4 saturated carbocycles. The monoisotopic (exact) mass is 441 g/mol. The molecule has 4 fully saturated rings. The predicted octanol–water partition coefficient (Wildman–Crippen LogP) is 6.91. The maximum atomic E-state index is 13.4. The standard InChI is InChI=1S/C29H29O2S/c30-28(31-29-18-21-14-22(19-29)16-23(15-21)20-29)24-8-7-13-27(17-24)32(25-9-3-1-4-10-25)26-11-5-2-6-12-26/h1-13,17,21-23H,14-16,18-20H2/q+1. The number of esters is 1. The van der Waals surface area contributed by atoms with E-state index < -0.39 is 0 Å². The van der Waals surface area contributed by atoms with Gasteiger partial charge in [0.25, 0.3) is 0 Å². The fourth-order valence-electron chi connectivity index (χ4n) is 6.68. The lowest BCUT2D eigenvalue weighted by Crippen LogP contribution is -2.52. The Morgan fingerprint density at radius 1 is 0.688 bits per heavy atom. The summed E-state index contributed by atoms with van der Waals surface area (Å²) in [6.45, 7) is 0. The van der Waals surface area contributed by atoms with Gasteiger partial charge in [-0.1, -0.05) is 42.5 Å². The van der Waals surface area contributed by atoms with E-state index in [1.807, 2.05) is 12.1 Å². The Hall–Kier alpha value is -2.52. The van der Waals surface area contributed by atoms with Crippen LogP contribution in [0.4, 0.5) is 0 Å². The first kappa shape index (κ1) is 20.1. The van der Waals surface area contributed by atoms with Crippen LogP contribution in [0.15, 0.2) is 99.6 Å². The number of benzene rings is 3. The number of carbonyl (C=O) groups excluding carboxylic acids is 1. The first-order chi connectivity index (χ1) is 15.7. The summed E-state index contributed by atoms with van der Waals surface area (Å²) in [7, 11) is -0.261. The number of rotatable bonds is 5. The Labute approximate surface area is 193 Å². The van der Waals surface area contributed by atoms with E-state index >= 15 is 0 Å². The molecule has 0 atom stereocenters. The Kier molecular flexibility index (Phi) is 5.10. The van der Waals surface area contributed by atoms with Crippen LogP contribution >= 0.6 is 0 Å². The van der Waals surface area contributed by atoms with Gasteiger partial charge in [0.15, 0.2) is 14.7 Å². The molecule has 0 N–H and O–H groups in total. The van der Waals surface area contributed by atoms with Crippen molar-refractivity contribution in [1.29, 1.82) is 0 Å². The van der Waals surface area contributed by atoms with Gasteiger partial charge in [-0.3, -0.25) is 0 Å². The van der Waals surface area contributed by atoms with Crippen molar-refractivity contribution in [1.82, 2.24) is 0 Å². The predicted molar refractivity (Wildman–Crippen MR) is 128 cm³/mol. The summed E-state index contributed by atoms with van der Waals surface area (Å²) in [4.78, 5) is 17.0. The van der Waals surface area contributed by atoms with Crippen molar-refractivity contribution < 1.29 is 9.53 Å². The summed E-state index contributed by atoms with van der Waals surface area (Å²) < 4.78 is 6.35. The second kappa shape index (κ2) is 8.12. The Morgan fingerprint density at radius 3 is 1.72 bits per heavy atom. The Bertz CT molecular complexity index is 1030. The van der Waals surface area contributed by atoms with Crippen LogP contribution in [0.1, 0.15) is 48.9 Å². The molecule has 0 saturated heterocycles. The summed E-state index contributed by atoms with van der Waals surface area (Å²) in [5.41, 5.74) is 0.477. The van der Waals surface area contributed by atoms with E-state index in [1.54, 1.807) is 0 Å². The van der Waals surface area contributed by atoms with Gasteiger partial charge in [-0.15, -0.1) is 0 Å². The van der Waals surface area contributed by atoms with Gasteiger partial charge < -0.3 is 4.74 Å². The topological polar surface area (TPSA) is 26.3 Å². The molecule has 4 aliphatic rings. The number of hydrogen-bond acceptors (Lipinski definition) is 2. The van der Waals surface area contributed by atoms with E-state index in [0.717, 1.165) is 41.9 Å². The van der Waals surface area contributed by atoms with Crippen molar-refractivity contribution in [2.45, 2.75) is 58.8 Å². The number of carbonyl (C=O) groups is 1. The summed E-state index contributed by atoms with van der Waals surface area (Å²) in [6, 6.07) is 29.3. The highest BCUT2D eigenvalue weighted by atomic mass is 32.2. The van der Waals surface area contributed by atoms with Crippen LogP contribution in [-0.4, -0.2) is 11.6 Å². The van der Waals surface area contributed by atoms with Crippen molar-refractivity contribution in [2.75, 3.05) is 0 Å². The zero-order chi connectivity index (χ0) is 21.5. The van der Waals surface area contributed by atoms with Crippen LogP contribution in [0.25, 0.3) is 0 Å². The van der Waals surface area contributed by atoms with Gasteiger partial charge in [-0.2, -0.15) is 0 Å². The van der Waals surface area contributed by atoms with E-state index in [0.29, 0.717) is 5.56 Å².